The third-order valence-electron chi connectivity index (χ3n) is 7.15. The summed E-state index contributed by atoms with van der Waals surface area (Å²) in [6.45, 7) is 3.60. The molecule has 6 rings (SSSR count). The van der Waals surface area contributed by atoms with Crippen molar-refractivity contribution in [1.29, 1.82) is 0 Å². The highest BCUT2D eigenvalue weighted by Crippen LogP contribution is 2.42. The van der Waals surface area contributed by atoms with Crippen molar-refractivity contribution in [2.75, 3.05) is 30.5 Å². The predicted molar refractivity (Wildman–Crippen MR) is 130 cm³/mol. The quantitative estimate of drug-likeness (QED) is 0.465. The Bertz CT molecular complexity index is 1400. The lowest BCUT2D eigenvalue weighted by atomic mass is 9.89. The summed E-state index contributed by atoms with van der Waals surface area (Å²) in [5.41, 5.74) is 3.46. The number of aromatic amines is 1. The SMILES string of the molecule is O=S1(=O)c2cccc3cccc(c23)N1CCCN1CCC(c2ccc3[nH]ccc3c2)CC1. The molecule has 164 valence electrons. The number of nitrogens with zero attached hydrogens (tertiary/aromatic N) is 2. The van der Waals surface area contributed by atoms with Gasteiger partial charge in [-0.05, 0) is 91.5 Å². The molecule has 1 fully saturated rings. The minimum atomic E-state index is -3.45. The van der Waals surface area contributed by atoms with E-state index in [1.807, 2.05) is 36.5 Å². The van der Waals surface area contributed by atoms with Gasteiger partial charge in [-0.3, -0.25) is 4.31 Å². The maximum absolute atomic E-state index is 13.1. The lowest BCUT2D eigenvalue weighted by Gasteiger charge is -2.32. The highest BCUT2D eigenvalue weighted by molar-refractivity contribution is 7.93. The lowest BCUT2D eigenvalue weighted by Crippen LogP contribution is -2.36. The van der Waals surface area contributed by atoms with Crippen LogP contribution in [-0.2, 0) is 10.0 Å². The van der Waals surface area contributed by atoms with Crippen LogP contribution < -0.4 is 4.31 Å². The van der Waals surface area contributed by atoms with Crippen LogP contribution in [0.15, 0.2) is 71.8 Å². The van der Waals surface area contributed by atoms with Gasteiger partial charge >= 0.3 is 0 Å². The Morgan fingerprint density at radius 2 is 1.72 bits per heavy atom. The van der Waals surface area contributed by atoms with Gasteiger partial charge in [0.2, 0.25) is 0 Å². The topological polar surface area (TPSA) is 56.4 Å². The van der Waals surface area contributed by atoms with Crippen LogP contribution in [0.2, 0.25) is 0 Å². The number of fused-ring (bicyclic) bond motifs is 1. The zero-order valence-electron chi connectivity index (χ0n) is 18.0. The first kappa shape index (κ1) is 19.8. The van der Waals surface area contributed by atoms with Crippen LogP contribution in [0.4, 0.5) is 5.69 Å². The maximum atomic E-state index is 13.1. The van der Waals surface area contributed by atoms with E-state index in [0.717, 1.165) is 55.4 Å². The first-order chi connectivity index (χ1) is 15.6. The Morgan fingerprint density at radius 3 is 2.56 bits per heavy atom. The fourth-order valence-corrected chi connectivity index (χ4v) is 7.20. The molecule has 5 nitrogen and oxygen atoms in total. The Labute approximate surface area is 188 Å². The largest absolute Gasteiger partial charge is 0.361 e. The Morgan fingerprint density at radius 1 is 0.906 bits per heavy atom. The molecule has 3 aromatic carbocycles. The van der Waals surface area contributed by atoms with E-state index in [2.05, 4.69) is 34.1 Å². The number of sulfonamides is 1. The summed E-state index contributed by atoms with van der Waals surface area (Å²) in [5, 5.41) is 3.15. The van der Waals surface area contributed by atoms with E-state index >= 15 is 0 Å². The summed E-state index contributed by atoms with van der Waals surface area (Å²) in [6, 6.07) is 20.3. The zero-order chi connectivity index (χ0) is 21.7. The summed E-state index contributed by atoms with van der Waals surface area (Å²) in [5.74, 6) is 0.608. The van der Waals surface area contributed by atoms with Crippen molar-refractivity contribution < 1.29 is 8.42 Å². The van der Waals surface area contributed by atoms with Crippen molar-refractivity contribution in [3.63, 3.8) is 0 Å². The number of hydrogen-bond acceptors (Lipinski definition) is 3. The molecule has 4 aromatic rings. The smallest absolute Gasteiger partial charge is 0.265 e. The highest BCUT2D eigenvalue weighted by Gasteiger charge is 2.35. The van der Waals surface area contributed by atoms with Crippen molar-refractivity contribution in [2.45, 2.75) is 30.1 Å². The first-order valence-electron chi connectivity index (χ1n) is 11.5. The number of aromatic nitrogens is 1. The van der Waals surface area contributed by atoms with Crippen molar-refractivity contribution >= 4 is 37.4 Å². The van der Waals surface area contributed by atoms with E-state index in [-0.39, 0.29) is 0 Å². The molecular formula is C26H27N3O2S. The standard InChI is InChI=1S/C26H27N3O2S/c30-32(31)25-7-2-5-20-4-1-6-24(26(20)25)29(32)15-3-14-28-16-11-19(12-17-28)21-8-9-23-22(18-21)10-13-27-23/h1-2,4-10,13,18-19,27H,3,11-12,14-17H2. The molecule has 0 spiro atoms. The minimum absolute atomic E-state index is 0.450. The van der Waals surface area contributed by atoms with Crippen molar-refractivity contribution in [3.8, 4) is 0 Å². The van der Waals surface area contributed by atoms with Crippen LogP contribution in [0, 0.1) is 0 Å². The van der Waals surface area contributed by atoms with E-state index in [9.17, 15) is 8.42 Å². The predicted octanol–water partition coefficient (Wildman–Crippen LogP) is 5.10. The van der Waals surface area contributed by atoms with Gasteiger partial charge in [-0.25, -0.2) is 8.42 Å². The van der Waals surface area contributed by atoms with Crippen LogP contribution in [0.3, 0.4) is 0 Å². The van der Waals surface area contributed by atoms with E-state index in [4.69, 9.17) is 0 Å². The van der Waals surface area contributed by atoms with Crippen LogP contribution in [0.25, 0.3) is 21.7 Å². The molecule has 0 unspecified atom stereocenters. The average Bonchev–Trinajstić information content (AvgIpc) is 3.37. The fourth-order valence-electron chi connectivity index (χ4n) is 5.45. The molecule has 32 heavy (non-hydrogen) atoms. The third kappa shape index (κ3) is 3.21. The molecule has 2 aliphatic rings. The van der Waals surface area contributed by atoms with E-state index in [1.54, 1.807) is 10.4 Å². The molecule has 0 radical (unpaired) electrons. The number of piperidine rings is 1. The lowest BCUT2D eigenvalue weighted by molar-refractivity contribution is 0.211. The molecule has 1 aromatic heterocycles. The van der Waals surface area contributed by atoms with E-state index in [1.165, 1.54) is 16.5 Å². The highest BCUT2D eigenvalue weighted by atomic mass is 32.2. The Hall–Kier alpha value is -2.83. The molecule has 0 amide bonds. The van der Waals surface area contributed by atoms with Gasteiger partial charge in [-0.15, -0.1) is 0 Å². The number of anilines is 1. The Kier molecular flexibility index (Phi) is 4.73. The van der Waals surface area contributed by atoms with Gasteiger partial charge in [0.25, 0.3) is 10.0 Å². The summed E-state index contributed by atoms with van der Waals surface area (Å²) in [4.78, 5) is 6.20. The van der Waals surface area contributed by atoms with Gasteiger partial charge in [-0.1, -0.05) is 30.3 Å². The molecule has 2 aliphatic heterocycles. The van der Waals surface area contributed by atoms with Gasteiger partial charge in [0.05, 0.1) is 10.6 Å². The Balaban J connectivity index is 1.08. The molecular weight excluding hydrogens is 418 g/mol. The van der Waals surface area contributed by atoms with Gasteiger partial charge in [0, 0.05) is 23.6 Å². The van der Waals surface area contributed by atoms with Crippen molar-refractivity contribution in [3.05, 3.63) is 72.4 Å². The number of nitrogens with one attached hydrogen (secondary N) is 1. The van der Waals surface area contributed by atoms with Crippen molar-refractivity contribution in [1.82, 2.24) is 9.88 Å². The number of likely N-dealkylation sites (tertiary alicyclic amines) is 1. The zero-order valence-corrected chi connectivity index (χ0v) is 18.8. The van der Waals surface area contributed by atoms with Crippen molar-refractivity contribution in [2.24, 2.45) is 0 Å². The summed E-state index contributed by atoms with van der Waals surface area (Å²) < 4.78 is 27.9. The number of H-pyrrole nitrogens is 1. The minimum Gasteiger partial charge on any atom is -0.361 e. The fraction of sp³-hybridized carbons (Fsp3) is 0.308. The molecule has 3 heterocycles. The second kappa shape index (κ2) is 7.64. The maximum Gasteiger partial charge on any atom is 0.265 e. The molecule has 0 bridgehead atoms. The van der Waals surface area contributed by atoms with Crippen LogP contribution in [-0.4, -0.2) is 44.5 Å². The summed E-state index contributed by atoms with van der Waals surface area (Å²) >= 11 is 0. The number of benzene rings is 3. The second-order valence-corrected chi connectivity index (χ2v) is 10.8. The van der Waals surface area contributed by atoms with Crippen LogP contribution in [0.5, 0.6) is 0 Å². The van der Waals surface area contributed by atoms with Gasteiger partial charge in [0.15, 0.2) is 0 Å². The molecule has 1 N–H and O–H groups in total. The second-order valence-electron chi connectivity index (χ2n) is 9.00. The van der Waals surface area contributed by atoms with Crippen LogP contribution >= 0.6 is 0 Å². The number of hydrogen-bond donors (Lipinski definition) is 1. The summed E-state index contributed by atoms with van der Waals surface area (Å²) in [6.07, 6.45) is 5.14. The van der Waals surface area contributed by atoms with Gasteiger partial charge in [-0.2, -0.15) is 0 Å². The van der Waals surface area contributed by atoms with E-state index < -0.39 is 10.0 Å². The third-order valence-corrected chi connectivity index (χ3v) is 9.01. The molecule has 0 atom stereocenters. The number of rotatable bonds is 5. The van der Waals surface area contributed by atoms with E-state index in [0.29, 0.717) is 17.4 Å². The van der Waals surface area contributed by atoms with Gasteiger partial charge in [0.1, 0.15) is 0 Å². The average molecular weight is 446 g/mol. The van der Waals surface area contributed by atoms with Crippen LogP contribution in [0.1, 0.15) is 30.7 Å². The molecule has 1 saturated heterocycles. The normalized spacial score (nSPS) is 18.7. The molecule has 0 aliphatic carbocycles. The summed E-state index contributed by atoms with van der Waals surface area (Å²) in [7, 11) is -3.45. The van der Waals surface area contributed by atoms with Gasteiger partial charge < -0.3 is 9.88 Å². The first-order valence-corrected chi connectivity index (χ1v) is 12.9. The monoisotopic (exact) mass is 445 g/mol. The molecule has 0 saturated carbocycles. The molecule has 6 heteroatoms.